The summed E-state index contributed by atoms with van der Waals surface area (Å²) in [4.78, 5) is 2.67. The van der Waals surface area contributed by atoms with E-state index in [-0.39, 0.29) is 0 Å². The number of rotatable bonds is 3. The second-order valence-corrected chi connectivity index (χ2v) is 7.12. The Morgan fingerprint density at radius 1 is 1.06 bits per heavy atom. The molecule has 2 aliphatic rings. The van der Waals surface area contributed by atoms with E-state index in [0.717, 1.165) is 11.2 Å². The molecule has 1 heterocycles. The third-order valence-corrected chi connectivity index (χ3v) is 5.52. The maximum absolute atomic E-state index is 4.45. The molecule has 2 rings (SSSR count). The average molecular weight is 241 g/mol. The fraction of sp³-hybridized carbons (Fsp3) is 1.00. The second kappa shape index (κ2) is 4.89. The Labute approximate surface area is 106 Å². The smallest absolute Gasteiger partial charge is 0.00405 e. The summed E-state index contributed by atoms with van der Waals surface area (Å²) in [7, 11) is 0. The molecule has 0 radical (unpaired) electrons. The van der Waals surface area contributed by atoms with Crippen molar-refractivity contribution < 1.29 is 0 Å². The lowest BCUT2D eigenvalue weighted by atomic mass is 9.76. The van der Waals surface area contributed by atoms with Gasteiger partial charge in [0.1, 0.15) is 0 Å². The molecule has 1 aliphatic carbocycles. The molecular formula is C14H27NS. The highest BCUT2D eigenvalue weighted by Crippen LogP contribution is 2.46. The van der Waals surface area contributed by atoms with Crippen molar-refractivity contribution in [3.63, 3.8) is 0 Å². The summed E-state index contributed by atoms with van der Waals surface area (Å²) in [5, 5.41) is 0. The van der Waals surface area contributed by atoms with E-state index in [4.69, 9.17) is 0 Å². The molecule has 1 spiro atoms. The molecular weight excluding hydrogens is 214 g/mol. The van der Waals surface area contributed by atoms with Gasteiger partial charge in [0.15, 0.2) is 0 Å². The van der Waals surface area contributed by atoms with Gasteiger partial charge in [-0.1, -0.05) is 26.7 Å². The van der Waals surface area contributed by atoms with Crippen LogP contribution in [0.25, 0.3) is 0 Å². The molecule has 0 N–H and O–H groups in total. The number of thiol groups is 1. The van der Waals surface area contributed by atoms with E-state index in [2.05, 4.69) is 31.4 Å². The van der Waals surface area contributed by atoms with Crippen LogP contribution in [0.15, 0.2) is 0 Å². The number of likely N-dealkylation sites (tertiary alicyclic amines) is 1. The molecule has 2 heteroatoms. The van der Waals surface area contributed by atoms with Gasteiger partial charge in [-0.3, -0.25) is 0 Å². The van der Waals surface area contributed by atoms with Gasteiger partial charge in [0.05, 0.1) is 0 Å². The lowest BCUT2D eigenvalue weighted by molar-refractivity contribution is 0.0841. The number of nitrogens with zero attached hydrogens (tertiary/aromatic N) is 1. The van der Waals surface area contributed by atoms with Crippen LogP contribution >= 0.6 is 12.6 Å². The minimum atomic E-state index is 0.378. The first-order chi connectivity index (χ1) is 7.55. The van der Waals surface area contributed by atoms with E-state index in [1.54, 1.807) is 0 Å². The van der Waals surface area contributed by atoms with Gasteiger partial charge in [-0.25, -0.2) is 0 Å². The zero-order valence-electron chi connectivity index (χ0n) is 11.0. The van der Waals surface area contributed by atoms with Crippen LogP contribution in [-0.4, -0.2) is 30.3 Å². The van der Waals surface area contributed by atoms with E-state index < -0.39 is 0 Å². The van der Waals surface area contributed by atoms with Crippen LogP contribution in [0.5, 0.6) is 0 Å². The molecule has 1 nitrogen and oxygen atoms in total. The van der Waals surface area contributed by atoms with E-state index in [1.165, 1.54) is 58.2 Å². The van der Waals surface area contributed by atoms with Gasteiger partial charge >= 0.3 is 0 Å². The molecule has 16 heavy (non-hydrogen) atoms. The van der Waals surface area contributed by atoms with Gasteiger partial charge in [0, 0.05) is 6.54 Å². The third kappa shape index (κ3) is 2.95. The zero-order valence-corrected chi connectivity index (χ0v) is 11.9. The molecule has 0 atom stereocenters. The largest absolute Gasteiger partial charge is 0.303 e. The summed E-state index contributed by atoms with van der Waals surface area (Å²) in [6.45, 7) is 8.56. The van der Waals surface area contributed by atoms with Gasteiger partial charge in [-0.15, -0.1) is 0 Å². The molecule has 0 unspecified atom stereocenters. The molecule has 1 saturated heterocycles. The Morgan fingerprint density at radius 3 is 2.12 bits per heavy atom. The van der Waals surface area contributed by atoms with Crippen molar-refractivity contribution in [3.8, 4) is 0 Å². The first kappa shape index (κ1) is 12.8. The lowest BCUT2D eigenvalue weighted by Crippen LogP contribution is -2.43. The predicted octanol–water partition coefficient (Wildman–Crippen LogP) is 3.60. The van der Waals surface area contributed by atoms with E-state index in [1.807, 2.05) is 0 Å². The second-order valence-electron chi connectivity index (χ2n) is 6.81. The quantitative estimate of drug-likeness (QED) is 0.739. The van der Waals surface area contributed by atoms with Crippen LogP contribution in [0.2, 0.25) is 0 Å². The van der Waals surface area contributed by atoms with Gasteiger partial charge in [-0.05, 0) is 55.4 Å². The average Bonchev–Trinajstić information content (AvgIpc) is 2.71. The molecule has 0 aromatic carbocycles. The SMILES string of the molecule is CC(C)(CS)CN1CCC2(CCCC2)CC1. The van der Waals surface area contributed by atoms with E-state index in [9.17, 15) is 0 Å². The summed E-state index contributed by atoms with van der Waals surface area (Å²) in [6, 6.07) is 0. The number of hydrogen-bond acceptors (Lipinski definition) is 2. The summed E-state index contributed by atoms with van der Waals surface area (Å²) in [5.74, 6) is 0.995. The van der Waals surface area contributed by atoms with Crippen molar-refractivity contribution in [1.29, 1.82) is 0 Å². The van der Waals surface area contributed by atoms with Gasteiger partial charge < -0.3 is 4.90 Å². The predicted molar refractivity (Wildman–Crippen MR) is 74.2 cm³/mol. The van der Waals surface area contributed by atoms with Gasteiger partial charge in [0.2, 0.25) is 0 Å². The fourth-order valence-corrected chi connectivity index (χ4v) is 3.57. The maximum atomic E-state index is 4.45. The summed E-state index contributed by atoms with van der Waals surface area (Å²) < 4.78 is 0. The number of hydrogen-bond donors (Lipinski definition) is 1. The van der Waals surface area contributed by atoms with Crippen LogP contribution in [-0.2, 0) is 0 Å². The molecule has 94 valence electrons. The van der Waals surface area contributed by atoms with Crippen molar-refractivity contribution in [2.75, 3.05) is 25.4 Å². The van der Waals surface area contributed by atoms with E-state index in [0.29, 0.717) is 5.41 Å². The van der Waals surface area contributed by atoms with Crippen molar-refractivity contribution in [3.05, 3.63) is 0 Å². The van der Waals surface area contributed by atoms with Crippen LogP contribution < -0.4 is 0 Å². The van der Waals surface area contributed by atoms with Gasteiger partial charge in [0.25, 0.3) is 0 Å². The molecule has 0 aromatic heterocycles. The molecule has 0 amide bonds. The van der Waals surface area contributed by atoms with Gasteiger partial charge in [-0.2, -0.15) is 12.6 Å². The highest BCUT2D eigenvalue weighted by Gasteiger charge is 2.37. The first-order valence-electron chi connectivity index (χ1n) is 6.89. The van der Waals surface area contributed by atoms with Crippen molar-refractivity contribution in [1.82, 2.24) is 4.90 Å². The summed E-state index contributed by atoms with van der Waals surface area (Å²) >= 11 is 4.45. The van der Waals surface area contributed by atoms with E-state index >= 15 is 0 Å². The van der Waals surface area contributed by atoms with Crippen molar-refractivity contribution in [2.24, 2.45) is 10.8 Å². The molecule has 1 saturated carbocycles. The van der Waals surface area contributed by atoms with Crippen molar-refractivity contribution in [2.45, 2.75) is 52.4 Å². The fourth-order valence-electron chi connectivity index (χ4n) is 3.47. The molecule has 0 aromatic rings. The Balaban J connectivity index is 1.81. The lowest BCUT2D eigenvalue weighted by Gasteiger charge is -2.42. The normalized spacial score (nSPS) is 26.4. The Hall–Kier alpha value is 0.310. The minimum Gasteiger partial charge on any atom is -0.303 e. The summed E-state index contributed by atoms with van der Waals surface area (Å²) in [5.41, 5.74) is 1.14. The third-order valence-electron chi connectivity index (χ3n) is 4.66. The molecule has 2 fully saturated rings. The topological polar surface area (TPSA) is 3.24 Å². The van der Waals surface area contributed by atoms with Crippen LogP contribution in [0.1, 0.15) is 52.4 Å². The maximum Gasteiger partial charge on any atom is 0.00405 e. The highest BCUT2D eigenvalue weighted by molar-refractivity contribution is 7.80. The first-order valence-corrected chi connectivity index (χ1v) is 7.52. The van der Waals surface area contributed by atoms with Crippen LogP contribution in [0.3, 0.4) is 0 Å². The molecule has 1 aliphatic heterocycles. The Bertz CT molecular complexity index is 221. The number of piperidine rings is 1. The van der Waals surface area contributed by atoms with Crippen molar-refractivity contribution >= 4 is 12.6 Å². The van der Waals surface area contributed by atoms with Crippen LogP contribution in [0.4, 0.5) is 0 Å². The zero-order chi connectivity index (χ0) is 11.6. The summed E-state index contributed by atoms with van der Waals surface area (Å²) in [6.07, 6.45) is 8.91. The Morgan fingerprint density at radius 2 is 1.62 bits per heavy atom. The molecule has 0 bridgehead atoms. The monoisotopic (exact) mass is 241 g/mol. The standard InChI is InChI=1S/C14H27NS/c1-13(2,12-16)11-15-9-7-14(8-10-15)5-3-4-6-14/h16H,3-12H2,1-2H3. The highest BCUT2D eigenvalue weighted by atomic mass is 32.1. The Kier molecular flexibility index (Phi) is 3.90. The van der Waals surface area contributed by atoms with Crippen LogP contribution in [0, 0.1) is 10.8 Å². The minimum absolute atomic E-state index is 0.378.